The second kappa shape index (κ2) is 10.00. The molecule has 0 saturated carbocycles. The quantitative estimate of drug-likeness (QED) is 0.303. The molecular weight excluding hydrogens is 482 g/mol. The summed E-state index contributed by atoms with van der Waals surface area (Å²) in [6, 6.07) is -1.14. The first-order chi connectivity index (χ1) is 14.7. The summed E-state index contributed by atoms with van der Waals surface area (Å²) in [6.45, 7) is 8.90. The second-order valence-corrected chi connectivity index (χ2v) is 12.1. The SMILES string of the molecule is CCCCNC(=O)C1N([C@@H](CO)C(C)C)C(=O)[C@@H]2[C@H](C(=O)NCCC)[C@H]3SC12CC3Br. The van der Waals surface area contributed by atoms with Crippen molar-refractivity contribution in [3.63, 3.8) is 0 Å². The highest BCUT2D eigenvalue weighted by Gasteiger charge is 2.76. The maximum Gasteiger partial charge on any atom is 0.244 e. The van der Waals surface area contributed by atoms with Gasteiger partial charge in [-0.05, 0) is 25.2 Å². The predicted octanol–water partition coefficient (Wildman–Crippen LogP) is 1.91. The van der Waals surface area contributed by atoms with Crippen LogP contribution < -0.4 is 10.6 Å². The third kappa shape index (κ3) is 4.14. The average Bonchev–Trinajstić information content (AvgIpc) is 3.31. The van der Waals surface area contributed by atoms with Crippen LogP contribution in [-0.4, -0.2) is 74.3 Å². The molecule has 7 nitrogen and oxygen atoms in total. The van der Waals surface area contributed by atoms with Gasteiger partial charge < -0.3 is 20.6 Å². The van der Waals surface area contributed by atoms with E-state index in [4.69, 9.17) is 0 Å². The molecule has 3 rings (SSSR count). The minimum absolute atomic E-state index is 0.00977. The summed E-state index contributed by atoms with van der Waals surface area (Å²) in [5, 5.41) is 16.1. The molecule has 0 aromatic rings. The number of halogens is 1. The lowest BCUT2D eigenvalue weighted by atomic mass is 9.70. The fraction of sp³-hybridized carbons (Fsp3) is 0.864. The van der Waals surface area contributed by atoms with Gasteiger partial charge in [-0.3, -0.25) is 14.4 Å². The first kappa shape index (κ1) is 24.8. The number of amides is 3. The Bertz CT molecular complexity index is 708. The van der Waals surface area contributed by atoms with Crippen molar-refractivity contribution in [2.24, 2.45) is 17.8 Å². The van der Waals surface area contributed by atoms with Crippen molar-refractivity contribution in [1.29, 1.82) is 0 Å². The summed E-state index contributed by atoms with van der Waals surface area (Å²) in [4.78, 5) is 42.1. The van der Waals surface area contributed by atoms with E-state index in [1.807, 2.05) is 20.8 Å². The van der Waals surface area contributed by atoms with Crippen molar-refractivity contribution in [1.82, 2.24) is 15.5 Å². The summed E-state index contributed by atoms with van der Waals surface area (Å²) < 4.78 is -0.650. The number of aliphatic hydroxyl groups is 1. The fourth-order valence-corrected chi connectivity index (χ4v) is 9.10. The van der Waals surface area contributed by atoms with Gasteiger partial charge in [0.1, 0.15) is 6.04 Å². The van der Waals surface area contributed by atoms with Crippen molar-refractivity contribution in [2.75, 3.05) is 19.7 Å². The van der Waals surface area contributed by atoms with Crippen LogP contribution in [0.15, 0.2) is 0 Å². The number of fused-ring (bicyclic) bond motifs is 1. The van der Waals surface area contributed by atoms with E-state index in [0.717, 1.165) is 19.3 Å². The summed E-state index contributed by atoms with van der Waals surface area (Å²) in [7, 11) is 0. The molecule has 3 heterocycles. The maximum atomic E-state index is 13.8. The highest BCUT2D eigenvalue weighted by molar-refractivity contribution is 9.09. The van der Waals surface area contributed by atoms with Gasteiger partial charge in [-0.25, -0.2) is 0 Å². The third-order valence-corrected chi connectivity index (χ3v) is 10.2. The minimum atomic E-state index is -0.680. The van der Waals surface area contributed by atoms with E-state index < -0.39 is 28.7 Å². The summed E-state index contributed by atoms with van der Waals surface area (Å²) in [6.07, 6.45) is 3.32. The molecule has 2 bridgehead atoms. The predicted molar refractivity (Wildman–Crippen MR) is 126 cm³/mol. The average molecular weight is 519 g/mol. The molecule has 7 atom stereocenters. The molecule has 0 aromatic carbocycles. The Morgan fingerprint density at radius 3 is 2.48 bits per heavy atom. The number of carbonyl (C=O) groups excluding carboxylic acids is 3. The van der Waals surface area contributed by atoms with Crippen LogP contribution in [0.2, 0.25) is 0 Å². The van der Waals surface area contributed by atoms with E-state index in [9.17, 15) is 19.5 Å². The Morgan fingerprint density at radius 2 is 1.90 bits per heavy atom. The van der Waals surface area contributed by atoms with Crippen molar-refractivity contribution in [3.05, 3.63) is 0 Å². The van der Waals surface area contributed by atoms with Gasteiger partial charge in [-0.15, -0.1) is 11.8 Å². The number of rotatable bonds is 10. The number of nitrogens with zero attached hydrogens (tertiary/aromatic N) is 1. The van der Waals surface area contributed by atoms with E-state index in [1.54, 1.807) is 16.7 Å². The monoisotopic (exact) mass is 517 g/mol. The molecule has 1 spiro atoms. The topological polar surface area (TPSA) is 98.7 Å². The van der Waals surface area contributed by atoms with Crippen LogP contribution in [-0.2, 0) is 14.4 Å². The van der Waals surface area contributed by atoms with Gasteiger partial charge in [0.05, 0.1) is 29.2 Å². The molecule has 0 aliphatic carbocycles. The van der Waals surface area contributed by atoms with Gasteiger partial charge in [0.2, 0.25) is 17.7 Å². The van der Waals surface area contributed by atoms with E-state index in [2.05, 4.69) is 33.5 Å². The number of aliphatic hydroxyl groups excluding tert-OH is 1. The summed E-state index contributed by atoms with van der Waals surface area (Å²) >= 11 is 5.39. The number of nitrogens with one attached hydrogen (secondary N) is 2. The molecule has 31 heavy (non-hydrogen) atoms. The lowest BCUT2D eigenvalue weighted by molar-refractivity contribution is -0.143. The molecule has 9 heteroatoms. The van der Waals surface area contributed by atoms with Crippen LogP contribution in [0.25, 0.3) is 0 Å². The van der Waals surface area contributed by atoms with Gasteiger partial charge in [0.25, 0.3) is 0 Å². The Hall–Kier alpha value is -0.800. The molecule has 3 N–H and O–H groups in total. The summed E-state index contributed by atoms with van der Waals surface area (Å²) in [5.41, 5.74) is 0. The van der Waals surface area contributed by atoms with Crippen LogP contribution in [0.1, 0.15) is 53.4 Å². The van der Waals surface area contributed by atoms with E-state index >= 15 is 0 Å². The Labute approximate surface area is 198 Å². The first-order valence-corrected chi connectivity index (χ1v) is 13.3. The molecule has 3 aliphatic rings. The lowest BCUT2D eigenvalue weighted by Gasteiger charge is -2.38. The van der Waals surface area contributed by atoms with Gasteiger partial charge >= 0.3 is 0 Å². The third-order valence-electron chi connectivity index (χ3n) is 6.97. The minimum Gasteiger partial charge on any atom is -0.394 e. The fourth-order valence-electron chi connectivity index (χ4n) is 5.50. The molecular formula is C22H36BrN3O4S. The largest absolute Gasteiger partial charge is 0.394 e. The van der Waals surface area contributed by atoms with Gasteiger partial charge in [-0.2, -0.15) is 0 Å². The van der Waals surface area contributed by atoms with E-state index in [-0.39, 0.29) is 40.3 Å². The molecule has 3 aliphatic heterocycles. The van der Waals surface area contributed by atoms with Crippen molar-refractivity contribution >= 4 is 45.4 Å². The Kier molecular flexibility index (Phi) is 8.01. The number of alkyl halides is 1. The molecule has 3 unspecified atom stereocenters. The van der Waals surface area contributed by atoms with Crippen molar-refractivity contribution in [3.8, 4) is 0 Å². The molecule has 3 amide bonds. The van der Waals surface area contributed by atoms with Crippen LogP contribution in [0.4, 0.5) is 0 Å². The number of likely N-dealkylation sites (tertiary alicyclic amines) is 1. The van der Waals surface area contributed by atoms with E-state index in [1.165, 1.54) is 0 Å². The second-order valence-electron chi connectivity index (χ2n) is 9.34. The zero-order valence-corrected chi connectivity index (χ0v) is 21.3. The smallest absolute Gasteiger partial charge is 0.244 e. The molecule has 3 saturated heterocycles. The van der Waals surface area contributed by atoms with Crippen LogP contribution in [0, 0.1) is 17.8 Å². The lowest BCUT2D eigenvalue weighted by Crippen LogP contribution is -2.58. The highest BCUT2D eigenvalue weighted by atomic mass is 79.9. The zero-order chi connectivity index (χ0) is 22.9. The van der Waals surface area contributed by atoms with Crippen LogP contribution in [0.3, 0.4) is 0 Å². The number of unbranched alkanes of at least 4 members (excludes halogenated alkanes) is 1. The van der Waals surface area contributed by atoms with Gasteiger partial charge in [-0.1, -0.05) is 50.0 Å². The van der Waals surface area contributed by atoms with Crippen LogP contribution >= 0.6 is 27.7 Å². The Balaban J connectivity index is 2.02. The first-order valence-electron chi connectivity index (χ1n) is 11.5. The van der Waals surface area contributed by atoms with Gasteiger partial charge in [0.15, 0.2) is 0 Å². The van der Waals surface area contributed by atoms with Gasteiger partial charge in [0, 0.05) is 23.2 Å². The highest BCUT2D eigenvalue weighted by Crippen LogP contribution is 2.68. The molecule has 176 valence electrons. The van der Waals surface area contributed by atoms with Crippen molar-refractivity contribution in [2.45, 2.75) is 80.3 Å². The number of hydrogen-bond acceptors (Lipinski definition) is 5. The zero-order valence-electron chi connectivity index (χ0n) is 18.9. The normalized spacial score (nSPS) is 34.9. The molecule has 0 aromatic heterocycles. The molecule has 3 fully saturated rings. The standard InChI is InChI=1S/C22H36BrN3O4S/c1-5-7-9-25-20(29)18-22-10-13(23)17(31-22)15(19(28)24-8-6-2)16(22)21(30)26(18)14(11-27)12(3)4/h12-18,27H,5-11H2,1-4H3,(H,24,28)(H,25,29)/t13?,14-,15-,16-,17-,18?,22?/m0/s1. The number of hydrogen-bond donors (Lipinski definition) is 3. The summed E-state index contributed by atoms with van der Waals surface area (Å²) in [5.74, 6) is -1.43. The number of carbonyl (C=O) groups is 3. The Morgan fingerprint density at radius 1 is 1.23 bits per heavy atom. The number of thioether (sulfide) groups is 1. The molecule has 0 radical (unpaired) electrons. The van der Waals surface area contributed by atoms with E-state index in [0.29, 0.717) is 19.5 Å². The maximum absolute atomic E-state index is 13.8. The van der Waals surface area contributed by atoms with Crippen LogP contribution in [0.5, 0.6) is 0 Å². The van der Waals surface area contributed by atoms with Crippen molar-refractivity contribution < 1.29 is 19.5 Å².